The first-order valence-corrected chi connectivity index (χ1v) is 6.15. The molecule has 2 heterocycles. The fourth-order valence-corrected chi connectivity index (χ4v) is 2.54. The molecule has 20 heavy (non-hydrogen) atoms. The van der Waals surface area contributed by atoms with Crippen molar-refractivity contribution >= 4 is 17.4 Å². The molecular weight excluding hydrogens is 260 g/mol. The highest BCUT2D eigenvalue weighted by atomic mass is 16.6. The summed E-state index contributed by atoms with van der Waals surface area (Å²) in [5.41, 5.74) is 2.75. The molecule has 0 saturated heterocycles. The van der Waals surface area contributed by atoms with Crippen molar-refractivity contribution in [2.75, 3.05) is 5.32 Å². The number of aromatic amines is 1. The molecule has 0 aliphatic carbocycles. The third-order valence-corrected chi connectivity index (χ3v) is 3.50. The largest absolute Gasteiger partial charge is 0.309 e. The predicted octanol–water partition coefficient (Wildman–Crippen LogP) is 2.10. The number of amides is 1. The lowest BCUT2D eigenvalue weighted by atomic mass is 9.86. The summed E-state index contributed by atoms with van der Waals surface area (Å²) in [4.78, 5) is 22.0. The van der Waals surface area contributed by atoms with Crippen molar-refractivity contribution in [3.05, 3.63) is 51.2 Å². The Hall–Kier alpha value is -2.70. The number of aromatic nitrogens is 2. The number of nitro groups is 1. The number of benzene rings is 1. The summed E-state index contributed by atoms with van der Waals surface area (Å²) >= 11 is 0. The molecular formula is C13H12N4O3. The van der Waals surface area contributed by atoms with Crippen molar-refractivity contribution in [1.82, 2.24) is 10.2 Å². The third-order valence-electron chi connectivity index (χ3n) is 3.50. The lowest BCUT2D eigenvalue weighted by Gasteiger charge is -2.22. The maximum absolute atomic E-state index is 11.7. The van der Waals surface area contributed by atoms with Gasteiger partial charge in [-0.25, -0.2) is 0 Å². The van der Waals surface area contributed by atoms with E-state index in [1.807, 2.05) is 6.92 Å². The van der Waals surface area contributed by atoms with Crippen LogP contribution in [0.15, 0.2) is 24.3 Å². The van der Waals surface area contributed by atoms with Crippen molar-refractivity contribution in [2.45, 2.75) is 19.3 Å². The van der Waals surface area contributed by atoms with E-state index in [0.29, 0.717) is 12.2 Å². The van der Waals surface area contributed by atoms with Crippen molar-refractivity contribution in [1.29, 1.82) is 0 Å². The van der Waals surface area contributed by atoms with E-state index < -0.39 is 4.92 Å². The number of carbonyl (C=O) groups is 1. The Morgan fingerprint density at radius 1 is 1.35 bits per heavy atom. The quantitative estimate of drug-likeness (QED) is 0.645. The highest BCUT2D eigenvalue weighted by Crippen LogP contribution is 2.38. The van der Waals surface area contributed by atoms with Gasteiger partial charge in [0, 0.05) is 35.7 Å². The zero-order valence-electron chi connectivity index (χ0n) is 10.7. The Labute approximate surface area is 114 Å². The maximum Gasteiger partial charge on any atom is 0.269 e. The van der Waals surface area contributed by atoms with Crippen LogP contribution in [0.25, 0.3) is 0 Å². The molecule has 1 aromatic heterocycles. The van der Waals surface area contributed by atoms with Gasteiger partial charge in [0.05, 0.1) is 4.92 Å². The molecule has 0 unspecified atom stereocenters. The molecule has 0 spiro atoms. The number of anilines is 1. The molecule has 102 valence electrons. The van der Waals surface area contributed by atoms with Crippen LogP contribution in [-0.2, 0) is 4.79 Å². The van der Waals surface area contributed by atoms with Crippen LogP contribution in [0.4, 0.5) is 11.5 Å². The van der Waals surface area contributed by atoms with Gasteiger partial charge in [-0.2, -0.15) is 5.10 Å². The first-order valence-electron chi connectivity index (χ1n) is 6.15. The van der Waals surface area contributed by atoms with Gasteiger partial charge >= 0.3 is 0 Å². The van der Waals surface area contributed by atoms with Crippen LogP contribution in [0.3, 0.4) is 0 Å². The summed E-state index contributed by atoms with van der Waals surface area (Å²) in [6.45, 7) is 1.89. The number of H-pyrrole nitrogens is 1. The second kappa shape index (κ2) is 4.44. The Kier molecular flexibility index (Phi) is 2.74. The van der Waals surface area contributed by atoms with Crippen LogP contribution < -0.4 is 5.32 Å². The Balaban J connectivity index is 2.03. The number of nitro benzene ring substituents is 1. The van der Waals surface area contributed by atoms with E-state index in [-0.39, 0.29) is 17.5 Å². The summed E-state index contributed by atoms with van der Waals surface area (Å²) in [7, 11) is 0. The van der Waals surface area contributed by atoms with Crippen LogP contribution in [0.2, 0.25) is 0 Å². The lowest BCUT2D eigenvalue weighted by Crippen LogP contribution is -2.23. The molecule has 1 atom stereocenters. The van der Waals surface area contributed by atoms with Crippen LogP contribution in [0, 0.1) is 17.0 Å². The van der Waals surface area contributed by atoms with Crippen molar-refractivity contribution < 1.29 is 9.72 Å². The number of fused-ring (bicyclic) bond motifs is 1. The second-order valence-corrected chi connectivity index (χ2v) is 4.76. The highest BCUT2D eigenvalue weighted by Gasteiger charge is 2.30. The fourth-order valence-electron chi connectivity index (χ4n) is 2.54. The lowest BCUT2D eigenvalue weighted by molar-refractivity contribution is -0.384. The van der Waals surface area contributed by atoms with Gasteiger partial charge in [0.15, 0.2) is 5.82 Å². The van der Waals surface area contributed by atoms with Crippen molar-refractivity contribution in [2.24, 2.45) is 0 Å². The number of aryl methyl sites for hydroxylation is 1. The van der Waals surface area contributed by atoms with Crippen molar-refractivity contribution in [3.63, 3.8) is 0 Å². The predicted molar refractivity (Wildman–Crippen MR) is 71.5 cm³/mol. The van der Waals surface area contributed by atoms with Gasteiger partial charge in [0.2, 0.25) is 5.91 Å². The molecule has 1 amide bonds. The fraction of sp³-hybridized carbons (Fsp3) is 0.231. The van der Waals surface area contributed by atoms with E-state index in [9.17, 15) is 14.9 Å². The Morgan fingerprint density at radius 2 is 2.05 bits per heavy atom. The van der Waals surface area contributed by atoms with E-state index in [2.05, 4.69) is 15.5 Å². The standard InChI is InChI=1S/C13H12N4O3/c1-7-12-10(6-11(18)14-13(12)16-15-7)8-2-4-9(5-3-8)17(19)20/h2-5,10H,6H2,1H3,(H2,14,15,16,18)/t10-/m1/s1. The van der Waals surface area contributed by atoms with Gasteiger partial charge in [0.1, 0.15) is 0 Å². The highest BCUT2D eigenvalue weighted by molar-refractivity contribution is 5.94. The minimum atomic E-state index is -0.439. The smallest absolute Gasteiger partial charge is 0.269 e. The van der Waals surface area contributed by atoms with Crippen LogP contribution in [0.5, 0.6) is 0 Å². The molecule has 0 saturated carbocycles. The topological polar surface area (TPSA) is 101 Å². The molecule has 0 radical (unpaired) electrons. The van der Waals surface area contributed by atoms with Gasteiger partial charge in [-0.1, -0.05) is 12.1 Å². The summed E-state index contributed by atoms with van der Waals surface area (Å²) in [5.74, 6) is 0.313. The first kappa shape index (κ1) is 12.3. The summed E-state index contributed by atoms with van der Waals surface area (Å²) in [6, 6.07) is 6.29. The molecule has 0 fully saturated rings. The number of non-ortho nitro benzene ring substituents is 1. The van der Waals surface area contributed by atoms with Gasteiger partial charge in [0.25, 0.3) is 5.69 Å². The SMILES string of the molecule is Cc1[nH]nc2c1[C@@H](c1ccc([N+](=O)[O-])cc1)CC(=O)N2. The molecule has 3 rings (SSSR count). The summed E-state index contributed by atoms with van der Waals surface area (Å²) < 4.78 is 0. The maximum atomic E-state index is 11.7. The van der Waals surface area contributed by atoms with E-state index in [4.69, 9.17) is 0 Å². The number of nitrogens with zero attached hydrogens (tertiary/aromatic N) is 2. The number of hydrogen-bond donors (Lipinski definition) is 2. The Morgan fingerprint density at radius 3 is 2.70 bits per heavy atom. The van der Waals surface area contributed by atoms with Gasteiger partial charge in [-0.15, -0.1) is 0 Å². The average Bonchev–Trinajstić information content (AvgIpc) is 2.79. The van der Waals surface area contributed by atoms with Gasteiger partial charge in [-0.05, 0) is 12.5 Å². The average molecular weight is 272 g/mol. The van der Waals surface area contributed by atoms with Crippen LogP contribution in [-0.4, -0.2) is 21.0 Å². The number of hydrogen-bond acceptors (Lipinski definition) is 4. The third kappa shape index (κ3) is 1.93. The van der Waals surface area contributed by atoms with Crippen LogP contribution >= 0.6 is 0 Å². The Bertz CT molecular complexity index is 690. The number of nitrogens with one attached hydrogen (secondary N) is 2. The molecule has 1 aliphatic heterocycles. The van der Waals surface area contributed by atoms with E-state index in [0.717, 1.165) is 16.8 Å². The molecule has 7 nitrogen and oxygen atoms in total. The van der Waals surface area contributed by atoms with Gasteiger partial charge < -0.3 is 5.32 Å². The molecule has 1 aliphatic rings. The zero-order valence-corrected chi connectivity index (χ0v) is 10.7. The first-order chi connectivity index (χ1) is 9.56. The molecule has 2 aromatic rings. The van der Waals surface area contributed by atoms with E-state index >= 15 is 0 Å². The minimum absolute atomic E-state index is 0.0400. The molecule has 0 bridgehead atoms. The number of rotatable bonds is 2. The summed E-state index contributed by atoms with van der Waals surface area (Å²) in [6.07, 6.45) is 0.311. The minimum Gasteiger partial charge on any atom is -0.309 e. The monoisotopic (exact) mass is 272 g/mol. The van der Waals surface area contributed by atoms with Crippen LogP contribution in [0.1, 0.15) is 29.2 Å². The van der Waals surface area contributed by atoms with Crippen molar-refractivity contribution in [3.8, 4) is 0 Å². The molecule has 1 aromatic carbocycles. The number of carbonyl (C=O) groups excluding carboxylic acids is 1. The normalized spacial score (nSPS) is 17.4. The van der Waals surface area contributed by atoms with E-state index in [1.165, 1.54) is 12.1 Å². The second-order valence-electron chi connectivity index (χ2n) is 4.76. The van der Waals surface area contributed by atoms with E-state index in [1.54, 1.807) is 12.1 Å². The van der Waals surface area contributed by atoms with Gasteiger partial charge in [-0.3, -0.25) is 20.0 Å². The molecule has 2 N–H and O–H groups in total. The molecule has 7 heteroatoms. The summed E-state index contributed by atoms with van der Waals surface area (Å²) in [5, 5.41) is 20.3. The zero-order chi connectivity index (χ0) is 14.3.